The van der Waals surface area contributed by atoms with Crippen molar-refractivity contribution in [2.75, 3.05) is 13.2 Å². The van der Waals surface area contributed by atoms with Gasteiger partial charge in [-0.15, -0.1) is 0 Å². The van der Waals surface area contributed by atoms with Crippen LogP contribution in [0.2, 0.25) is 0 Å². The SMILES string of the molecule is CC/C=C\C/C=C\C/C=C\CCCCCCCCCCCC(=O)OCC(COC(=O)CCCCC/C=C\C=C/CCCC)OC(=O)CCCCCCCCC/C=C\CCCCCCCC. The normalized spacial score (nSPS) is 12.6. The quantitative estimate of drug-likeness (QED) is 0.0199. The summed E-state index contributed by atoms with van der Waals surface area (Å²) in [5, 5.41) is 0. The van der Waals surface area contributed by atoms with E-state index in [4.69, 9.17) is 14.2 Å². The van der Waals surface area contributed by atoms with Crippen LogP contribution in [0.3, 0.4) is 0 Å². The maximum Gasteiger partial charge on any atom is 0.306 e. The van der Waals surface area contributed by atoms with Crippen LogP contribution >= 0.6 is 0 Å². The molecule has 1 atom stereocenters. The fourth-order valence-corrected chi connectivity index (χ4v) is 7.55. The Kier molecular flexibility index (Phi) is 50.9. The van der Waals surface area contributed by atoms with Crippen molar-refractivity contribution in [1.29, 1.82) is 0 Å². The van der Waals surface area contributed by atoms with Gasteiger partial charge in [-0.3, -0.25) is 14.4 Å². The Morgan fingerprint density at radius 2 is 0.662 bits per heavy atom. The van der Waals surface area contributed by atoms with Crippen LogP contribution in [0.25, 0.3) is 0 Å². The summed E-state index contributed by atoms with van der Waals surface area (Å²) in [6, 6.07) is 0. The second-order valence-corrected chi connectivity index (χ2v) is 18.1. The summed E-state index contributed by atoms with van der Waals surface area (Å²) in [5.74, 6) is -0.922. The first kappa shape index (κ1) is 61.9. The summed E-state index contributed by atoms with van der Waals surface area (Å²) in [6.45, 7) is 6.45. The summed E-state index contributed by atoms with van der Waals surface area (Å²) in [5.41, 5.74) is 0. The average molecular weight is 907 g/mol. The molecule has 6 nitrogen and oxygen atoms in total. The van der Waals surface area contributed by atoms with Crippen LogP contribution in [0, 0.1) is 0 Å². The van der Waals surface area contributed by atoms with Crippen molar-refractivity contribution in [2.45, 2.75) is 271 Å². The van der Waals surface area contributed by atoms with Gasteiger partial charge in [-0.2, -0.15) is 0 Å². The topological polar surface area (TPSA) is 78.9 Å². The number of hydrogen-bond acceptors (Lipinski definition) is 6. The molecule has 0 saturated carbocycles. The summed E-state index contributed by atoms with van der Waals surface area (Å²) < 4.78 is 16.8. The number of unbranched alkanes of at least 4 members (excludes halogenated alkanes) is 27. The molecule has 0 aromatic heterocycles. The zero-order chi connectivity index (χ0) is 47.2. The van der Waals surface area contributed by atoms with Crippen molar-refractivity contribution < 1.29 is 28.6 Å². The van der Waals surface area contributed by atoms with Gasteiger partial charge < -0.3 is 14.2 Å². The smallest absolute Gasteiger partial charge is 0.306 e. The Balaban J connectivity index is 4.36. The average Bonchev–Trinajstić information content (AvgIpc) is 3.30. The van der Waals surface area contributed by atoms with Gasteiger partial charge in [0, 0.05) is 19.3 Å². The molecule has 0 aliphatic carbocycles. The molecule has 0 bridgehead atoms. The van der Waals surface area contributed by atoms with Crippen molar-refractivity contribution in [1.82, 2.24) is 0 Å². The number of carbonyl (C=O) groups excluding carboxylic acids is 3. The van der Waals surface area contributed by atoms with Crippen LogP contribution < -0.4 is 0 Å². The molecule has 0 radical (unpaired) electrons. The van der Waals surface area contributed by atoms with E-state index in [1.165, 1.54) is 135 Å². The lowest BCUT2D eigenvalue weighted by Gasteiger charge is -2.18. The molecule has 374 valence electrons. The second-order valence-electron chi connectivity index (χ2n) is 18.1. The molecule has 0 aliphatic heterocycles. The lowest BCUT2D eigenvalue weighted by molar-refractivity contribution is -0.167. The summed E-state index contributed by atoms with van der Waals surface area (Å²) in [7, 11) is 0. The molecule has 0 rings (SSSR count). The van der Waals surface area contributed by atoms with Crippen molar-refractivity contribution >= 4 is 17.9 Å². The minimum Gasteiger partial charge on any atom is -0.462 e. The summed E-state index contributed by atoms with van der Waals surface area (Å²) in [4.78, 5) is 38.0. The largest absolute Gasteiger partial charge is 0.462 e. The molecule has 6 heteroatoms. The van der Waals surface area contributed by atoms with E-state index in [1.807, 2.05) is 0 Å². The molecule has 0 spiro atoms. The fourth-order valence-electron chi connectivity index (χ4n) is 7.55. The molecule has 0 heterocycles. The van der Waals surface area contributed by atoms with Crippen LogP contribution in [0.5, 0.6) is 0 Å². The Hall–Kier alpha value is -3.15. The van der Waals surface area contributed by atoms with E-state index in [0.717, 1.165) is 89.9 Å². The van der Waals surface area contributed by atoms with Gasteiger partial charge in [0.1, 0.15) is 13.2 Å². The van der Waals surface area contributed by atoms with Crippen LogP contribution in [0.1, 0.15) is 265 Å². The molecule has 0 aliphatic rings. The van der Waals surface area contributed by atoms with E-state index in [9.17, 15) is 14.4 Å². The third-order valence-corrected chi connectivity index (χ3v) is 11.7. The predicted molar refractivity (Wildman–Crippen MR) is 279 cm³/mol. The van der Waals surface area contributed by atoms with Crippen LogP contribution in [-0.4, -0.2) is 37.2 Å². The third-order valence-electron chi connectivity index (χ3n) is 11.7. The van der Waals surface area contributed by atoms with Crippen molar-refractivity contribution in [3.05, 3.63) is 72.9 Å². The first-order chi connectivity index (χ1) is 32.0. The maximum absolute atomic E-state index is 12.8. The van der Waals surface area contributed by atoms with Gasteiger partial charge in [-0.25, -0.2) is 0 Å². The minimum absolute atomic E-state index is 0.0882. The van der Waals surface area contributed by atoms with Crippen molar-refractivity contribution in [3.8, 4) is 0 Å². The van der Waals surface area contributed by atoms with Crippen LogP contribution in [-0.2, 0) is 28.6 Å². The highest BCUT2D eigenvalue weighted by Crippen LogP contribution is 2.15. The van der Waals surface area contributed by atoms with Gasteiger partial charge in [0.15, 0.2) is 6.10 Å². The molecule has 0 saturated heterocycles. The van der Waals surface area contributed by atoms with Gasteiger partial charge in [0.2, 0.25) is 0 Å². The van der Waals surface area contributed by atoms with Crippen LogP contribution in [0.4, 0.5) is 0 Å². The molecular formula is C59H102O6. The van der Waals surface area contributed by atoms with Crippen molar-refractivity contribution in [3.63, 3.8) is 0 Å². The number of allylic oxidation sites excluding steroid dienone is 12. The molecule has 0 aromatic rings. The zero-order valence-electron chi connectivity index (χ0n) is 42.7. The minimum atomic E-state index is -0.790. The summed E-state index contributed by atoms with van der Waals surface area (Å²) >= 11 is 0. The maximum atomic E-state index is 12.8. The molecule has 0 amide bonds. The highest BCUT2D eigenvalue weighted by molar-refractivity contribution is 5.71. The Labute approximate surface area is 402 Å². The third kappa shape index (κ3) is 51.7. The fraction of sp³-hybridized carbons (Fsp3) is 0.746. The lowest BCUT2D eigenvalue weighted by Crippen LogP contribution is -2.30. The Morgan fingerprint density at radius 3 is 1.11 bits per heavy atom. The van der Waals surface area contributed by atoms with Crippen molar-refractivity contribution in [2.24, 2.45) is 0 Å². The molecule has 1 unspecified atom stereocenters. The van der Waals surface area contributed by atoms with Gasteiger partial charge in [0.25, 0.3) is 0 Å². The van der Waals surface area contributed by atoms with E-state index >= 15 is 0 Å². The number of carbonyl (C=O) groups is 3. The number of rotatable bonds is 49. The lowest BCUT2D eigenvalue weighted by atomic mass is 10.1. The molecule has 65 heavy (non-hydrogen) atoms. The van der Waals surface area contributed by atoms with Gasteiger partial charge in [0.05, 0.1) is 0 Å². The van der Waals surface area contributed by atoms with E-state index in [1.54, 1.807) is 0 Å². The van der Waals surface area contributed by atoms with Gasteiger partial charge >= 0.3 is 17.9 Å². The van der Waals surface area contributed by atoms with Gasteiger partial charge in [-0.1, -0.05) is 222 Å². The Morgan fingerprint density at radius 1 is 0.338 bits per heavy atom. The number of ether oxygens (including phenoxy) is 3. The number of hydrogen-bond donors (Lipinski definition) is 0. The Bertz CT molecular complexity index is 1230. The first-order valence-corrected chi connectivity index (χ1v) is 27.5. The zero-order valence-corrected chi connectivity index (χ0v) is 42.7. The highest BCUT2D eigenvalue weighted by atomic mass is 16.6. The monoisotopic (exact) mass is 907 g/mol. The summed E-state index contributed by atoms with van der Waals surface area (Å²) in [6.07, 6.45) is 67.5. The highest BCUT2D eigenvalue weighted by Gasteiger charge is 2.19. The van der Waals surface area contributed by atoms with Gasteiger partial charge in [-0.05, 0) is 96.3 Å². The molecule has 0 N–H and O–H groups in total. The molecular weight excluding hydrogens is 805 g/mol. The van der Waals surface area contributed by atoms with E-state index in [-0.39, 0.29) is 31.1 Å². The molecule has 0 fully saturated rings. The first-order valence-electron chi connectivity index (χ1n) is 27.5. The standard InChI is InChI=1S/C59H102O6/c1-4-7-10-13-16-19-22-24-26-28-29-31-32-34-37-40-43-46-49-52-58(61)64-55-56(54-63-57(60)51-48-45-42-39-36-21-18-15-12-9-6-3)65-59(62)53-50-47-44-41-38-35-33-30-27-25-23-20-17-14-11-8-5-2/h7,10,15-16,18-19,21,24-27,36,56H,4-6,8-9,11-14,17,20,22-23,28-35,37-55H2,1-3H3/b10-7-,18-15-,19-16-,26-24-,27-25-,36-21-. The predicted octanol–water partition coefficient (Wildman–Crippen LogP) is 18.2. The van der Waals surface area contributed by atoms with E-state index in [2.05, 4.69) is 93.7 Å². The number of esters is 3. The van der Waals surface area contributed by atoms with E-state index < -0.39 is 6.10 Å². The van der Waals surface area contributed by atoms with E-state index in [0.29, 0.717) is 19.3 Å². The second kappa shape index (κ2) is 53.5. The molecule has 0 aromatic carbocycles. The van der Waals surface area contributed by atoms with Crippen LogP contribution in [0.15, 0.2) is 72.9 Å².